The van der Waals surface area contributed by atoms with Crippen LogP contribution in [0.2, 0.25) is 0 Å². The van der Waals surface area contributed by atoms with E-state index in [1.165, 1.54) is 30.3 Å². The zero-order valence-corrected chi connectivity index (χ0v) is 17.1. The Bertz CT molecular complexity index is 1200. The molecule has 0 saturated heterocycles. The first-order chi connectivity index (χ1) is 14.2. The van der Waals surface area contributed by atoms with Crippen LogP contribution in [0, 0.1) is 18.6 Å². The number of halogens is 2. The van der Waals surface area contributed by atoms with E-state index in [0.29, 0.717) is 11.3 Å². The maximum atomic E-state index is 13.4. The zero-order valence-electron chi connectivity index (χ0n) is 16.3. The van der Waals surface area contributed by atoms with E-state index >= 15 is 0 Å². The summed E-state index contributed by atoms with van der Waals surface area (Å²) in [6.07, 6.45) is 0. The molecule has 3 aromatic carbocycles. The van der Waals surface area contributed by atoms with Gasteiger partial charge in [0.05, 0.1) is 10.9 Å². The van der Waals surface area contributed by atoms with Crippen LogP contribution in [-0.4, -0.2) is 14.3 Å². The first-order valence-electron chi connectivity index (χ1n) is 9.11. The minimum absolute atomic E-state index is 0.0721. The van der Waals surface area contributed by atoms with Crippen molar-refractivity contribution >= 4 is 21.6 Å². The lowest BCUT2D eigenvalue weighted by atomic mass is 10.1. The van der Waals surface area contributed by atoms with Gasteiger partial charge in [0.2, 0.25) is 0 Å². The highest BCUT2D eigenvalue weighted by Gasteiger charge is 2.18. The van der Waals surface area contributed by atoms with Gasteiger partial charge in [-0.25, -0.2) is 17.2 Å². The maximum Gasteiger partial charge on any atom is 0.261 e. The molecule has 0 radical (unpaired) electrons. The minimum atomic E-state index is -3.90. The van der Waals surface area contributed by atoms with Crippen molar-refractivity contribution < 1.29 is 22.0 Å². The van der Waals surface area contributed by atoms with Crippen molar-refractivity contribution in [1.29, 1.82) is 0 Å². The van der Waals surface area contributed by atoms with Gasteiger partial charge in [-0.1, -0.05) is 24.3 Å². The number of anilines is 1. The number of carbonyl (C=O) groups is 1. The van der Waals surface area contributed by atoms with Crippen LogP contribution in [-0.2, 0) is 10.0 Å². The van der Waals surface area contributed by atoms with Crippen LogP contribution in [0.5, 0.6) is 0 Å². The molecule has 3 aromatic rings. The lowest BCUT2D eigenvalue weighted by molar-refractivity contribution is 0.0939. The van der Waals surface area contributed by atoms with Crippen LogP contribution in [0.4, 0.5) is 14.5 Å². The zero-order chi connectivity index (χ0) is 21.9. The van der Waals surface area contributed by atoms with Crippen molar-refractivity contribution in [2.45, 2.75) is 24.8 Å². The summed E-state index contributed by atoms with van der Waals surface area (Å²) in [5, 5.41) is 2.65. The fourth-order valence-corrected chi connectivity index (χ4v) is 3.97. The standard InChI is InChI=1S/C22H20F2N2O3S/c1-14-5-3-7-18(11-14)26-30(28,29)19-8-4-6-17(12-19)22(27)25-15(2)16-9-10-20(23)21(24)13-16/h3-13,15,26H,1-2H3,(H,25,27). The van der Waals surface area contributed by atoms with Crippen molar-refractivity contribution in [2.24, 2.45) is 0 Å². The SMILES string of the molecule is Cc1cccc(NS(=O)(=O)c2cccc(C(=O)NC(C)c3ccc(F)c(F)c3)c2)c1. The molecule has 0 aliphatic heterocycles. The van der Waals surface area contributed by atoms with Gasteiger partial charge in [0.1, 0.15) is 0 Å². The van der Waals surface area contributed by atoms with Gasteiger partial charge in [-0.15, -0.1) is 0 Å². The summed E-state index contributed by atoms with van der Waals surface area (Å²) < 4.78 is 54.4. The molecule has 5 nitrogen and oxygen atoms in total. The second kappa shape index (κ2) is 8.62. The average molecular weight is 430 g/mol. The number of carbonyl (C=O) groups excluding carboxylic acids is 1. The number of amides is 1. The van der Waals surface area contributed by atoms with Gasteiger partial charge in [-0.05, 0) is 67.4 Å². The molecule has 0 saturated carbocycles. The van der Waals surface area contributed by atoms with Crippen LogP contribution in [0.25, 0.3) is 0 Å². The van der Waals surface area contributed by atoms with Crippen LogP contribution in [0.3, 0.4) is 0 Å². The summed E-state index contributed by atoms with van der Waals surface area (Å²) in [7, 11) is -3.90. The third-order valence-corrected chi connectivity index (χ3v) is 5.85. The van der Waals surface area contributed by atoms with Gasteiger partial charge >= 0.3 is 0 Å². The Kier molecular flexibility index (Phi) is 6.17. The summed E-state index contributed by atoms with van der Waals surface area (Å²) in [6.45, 7) is 3.46. The highest BCUT2D eigenvalue weighted by atomic mass is 32.2. The fraction of sp³-hybridized carbons (Fsp3) is 0.136. The van der Waals surface area contributed by atoms with E-state index in [9.17, 15) is 22.0 Å². The lowest BCUT2D eigenvalue weighted by Crippen LogP contribution is -2.27. The third kappa shape index (κ3) is 5.01. The lowest BCUT2D eigenvalue weighted by Gasteiger charge is -2.15. The van der Waals surface area contributed by atoms with Gasteiger partial charge in [0.15, 0.2) is 11.6 Å². The Labute approximate surface area is 173 Å². The molecule has 0 aliphatic rings. The van der Waals surface area contributed by atoms with E-state index in [1.807, 2.05) is 13.0 Å². The molecule has 8 heteroatoms. The van der Waals surface area contributed by atoms with Gasteiger partial charge < -0.3 is 5.32 Å². The van der Waals surface area contributed by atoms with Gasteiger partial charge in [0.25, 0.3) is 15.9 Å². The molecule has 0 aliphatic carbocycles. The van der Waals surface area contributed by atoms with E-state index in [4.69, 9.17) is 0 Å². The van der Waals surface area contributed by atoms with Crippen LogP contribution in [0.1, 0.15) is 34.5 Å². The molecule has 1 unspecified atom stereocenters. The summed E-state index contributed by atoms with van der Waals surface area (Å²) in [5.41, 5.74) is 1.81. The number of hydrogen-bond acceptors (Lipinski definition) is 3. The van der Waals surface area contributed by atoms with E-state index in [1.54, 1.807) is 25.1 Å². The molecule has 30 heavy (non-hydrogen) atoms. The highest BCUT2D eigenvalue weighted by molar-refractivity contribution is 7.92. The largest absolute Gasteiger partial charge is 0.346 e. The van der Waals surface area contributed by atoms with Crippen molar-refractivity contribution in [1.82, 2.24) is 5.32 Å². The molecule has 0 spiro atoms. The second-order valence-electron chi connectivity index (χ2n) is 6.87. The normalized spacial score (nSPS) is 12.3. The summed E-state index contributed by atoms with van der Waals surface area (Å²) in [6, 6.07) is 15.2. The first-order valence-corrected chi connectivity index (χ1v) is 10.6. The van der Waals surface area contributed by atoms with Gasteiger partial charge in [-0.2, -0.15) is 0 Å². The fourth-order valence-electron chi connectivity index (χ4n) is 2.87. The Morgan fingerprint density at radius 2 is 1.67 bits per heavy atom. The number of rotatable bonds is 6. The Hall–Kier alpha value is -3.26. The van der Waals surface area contributed by atoms with Crippen LogP contribution >= 0.6 is 0 Å². The first kappa shape index (κ1) is 21.4. The topological polar surface area (TPSA) is 75.3 Å². The third-order valence-electron chi connectivity index (χ3n) is 4.47. The molecule has 1 atom stereocenters. The summed E-state index contributed by atoms with van der Waals surface area (Å²) in [4.78, 5) is 12.5. The minimum Gasteiger partial charge on any atom is -0.346 e. The van der Waals surface area contributed by atoms with E-state index < -0.39 is 33.6 Å². The molecule has 1 amide bonds. The predicted octanol–water partition coefficient (Wildman–Crippen LogP) is 4.57. The molecule has 0 fully saturated rings. The van der Waals surface area contributed by atoms with Crippen LogP contribution in [0.15, 0.2) is 71.6 Å². The van der Waals surface area contributed by atoms with E-state index in [2.05, 4.69) is 10.0 Å². The Morgan fingerprint density at radius 1 is 0.933 bits per heavy atom. The van der Waals surface area contributed by atoms with Gasteiger partial charge in [-0.3, -0.25) is 9.52 Å². The number of benzene rings is 3. The monoisotopic (exact) mass is 430 g/mol. The molecular formula is C22H20F2N2O3S. The molecular weight excluding hydrogens is 410 g/mol. The van der Waals surface area contributed by atoms with Crippen molar-refractivity contribution in [3.8, 4) is 0 Å². The Morgan fingerprint density at radius 3 is 2.37 bits per heavy atom. The highest BCUT2D eigenvalue weighted by Crippen LogP contribution is 2.20. The van der Waals surface area contributed by atoms with Crippen molar-refractivity contribution in [3.05, 3.63) is 95.1 Å². The predicted molar refractivity (Wildman–Crippen MR) is 111 cm³/mol. The maximum absolute atomic E-state index is 13.4. The molecule has 3 rings (SSSR count). The average Bonchev–Trinajstić information content (AvgIpc) is 2.69. The number of nitrogens with one attached hydrogen (secondary N) is 2. The van der Waals surface area contributed by atoms with Gasteiger partial charge in [0, 0.05) is 11.3 Å². The van der Waals surface area contributed by atoms with E-state index in [-0.39, 0.29) is 10.5 Å². The summed E-state index contributed by atoms with van der Waals surface area (Å²) in [5.74, 6) is -2.53. The molecule has 2 N–H and O–H groups in total. The molecule has 0 aromatic heterocycles. The number of sulfonamides is 1. The van der Waals surface area contributed by atoms with Crippen molar-refractivity contribution in [2.75, 3.05) is 4.72 Å². The van der Waals surface area contributed by atoms with E-state index in [0.717, 1.165) is 17.7 Å². The van der Waals surface area contributed by atoms with Crippen LogP contribution < -0.4 is 10.0 Å². The Balaban J connectivity index is 1.78. The second-order valence-corrected chi connectivity index (χ2v) is 8.55. The quantitative estimate of drug-likeness (QED) is 0.602. The number of aryl methyl sites for hydroxylation is 1. The molecule has 0 heterocycles. The molecule has 156 valence electrons. The smallest absolute Gasteiger partial charge is 0.261 e. The number of hydrogen-bond donors (Lipinski definition) is 2. The molecule has 0 bridgehead atoms. The summed E-state index contributed by atoms with van der Waals surface area (Å²) >= 11 is 0. The van der Waals surface area contributed by atoms with Crippen molar-refractivity contribution in [3.63, 3.8) is 0 Å².